The van der Waals surface area contributed by atoms with Gasteiger partial charge in [-0.1, -0.05) is 40.2 Å². The minimum atomic E-state index is 0.192. The molecule has 0 unspecified atom stereocenters. The Morgan fingerprint density at radius 3 is 2.71 bits per heavy atom. The first-order chi connectivity index (χ1) is 10.3. The predicted octanol–water partition coefficient (Wildman–Crippen LogP) is 4.14. The molecule has 2 aromatic carbocycles. The Hall–Kier alpha value is -1.23. The van der Waals surface area contributed by atoms with Gasteiger partial charge in [0, 0.05) is 29.4 Å². The number of benzene rings is 2. The molecular formula is C17H15BrN2S. The van der Waals surface area contributed by atoms with Gasteiger partial charge in [-0.25, -0.2) is 4.98 Å². The second-order valence-electron chi connectivity index (χ2n) is 5.65. The molecule has 0 radical (unpaired) electrons. The number of aromatic nitrogens is 1. The fourth-order valence-corrected chi connectivity index (χ4v) is 4.47. The lowest BCUT2D eigenvalue weighted by Gasteiger charge is -2.43. The average Bonchev–Trinajstić information content (AvgIpc) is 2.85. The van der Waals surface area contributed by atoms with Gasteiger partial charge in [-0.15, -0.1) is 11.3 Å². The van der Waals surface area contributed by atoms with E-state index in [2.05, 4.69) is 69.8 Å². The number of nitrogens with zero attached hydrogens (tertiary/aromatic N) is 1. The predicted molar refractivity (Wildman–Crippen MR) is 92.0 cm³/mol. The van der Waals surface area contributed by atoms with E-state index in [9.17, 15) is 0 Å². The third-order valence-corrected chi connectivity index (χ3v) is 5.72. The van der Waals surface area contributed by atoms with Crippen molar-refractivity contribution in [1.29, 1.82) is 0 Å². The summed E-state index contributed by atoms with van der Waals surface area (Å²) in [7, 11) is 0. The van der Waals surface area contributed by atoms with E-state index in [0.29, 0.717) is 0 Å². The van der Waals surface area contributed by atoms with Gasteiger partial charge in [-0.2, -0.15) is 0 Å². The van der Waals surface area contributed by atoms with Crippen molar-refractivity contribution in [3.05, 3.63) is 63.6 Å². The van der Waals surface area contributed by atoms with Crippen LogP contribution in [0, 0.1) is 0 Å². The van der Waals surface area contributed by atoms with Gasteiger partial charge >= 0.3 is 0 Å². The van der Waals surface area contributed by atoms with Crippen molar-refractivity contribution in [2.24, 2.45) is 0 Å². The van der Waals surface area contributed by atoms with Gasteiger partial charge in [-0.05, 0) is 29.8 Å². The van der Waals surface area contributed by atoms with Crippen LogP contribution in [0.5, 0.6) is 0 Å². The minimum absolute atomic E-state index is 0.192. The minimum Gasteiger partial charge on any atom is -0.315 e. The van der Waals surface area contributed by atoms with Crippen LogP contribution >= 0.6 is 27.3 Å². The third kappa shape index (κ3) is 2.41. The van der Waals surface area contributed by atoms with Crippen LogP contribution in [-0.4, -0.2) is 18.1 Å². The topological polar surface area (TPSA) is 24.9 Å². The molecule has 0 saturated carbocycles. The first-order valence-electron chi connectivity index (χ1n) is 7.06. The molecule has 21 heavy (non-hydrogen) atoms. The van der Waals surface area contributed by atoms with Gasteiger partial charge in [0.15, 0.2) is 0 Å². The number of nitrogens with one attached hydrogen (secondary N) is 1. The highest BCUT2D eigenvalue weighted by atomic mass is 79.9. The zero-order valence-electron chi connectivity index (χ0n) is 11.5. The zero-order chi connectivity index (χ0) is 14.3. The highest BCUT2D eigenvalue weighted by Gasteiger charge is 2.39. The average molecular weight is 359 g/mol. The van der Waals surface area contributed by atoms with E-state index in [0.717, 1.165) is 29.5 Å². The molecule has 0 amide bonds. The Morgan fingerprint density at radius 1 is 1.14 bits per heavy atom. The SMILES string of the molecule is Brc1cccc(C2(Cc3nc4ccccc4s3)CNC2)c1. The molecule has 1 fully saturated rings. The van der Waals surface area contributed by atoms with Gasteiger partial charge < -0.3 is 5.32 Å². The third-order valence-electron chi connectivity index (χ3n) is 4.19. The highest BCUT2D eigenvalue weighted by Crippen LogP contribution is 2.35. The molecule has 0 bridgehead atoms. The summed E-state index contributed by atoms with van der Waals surface area (Å²) >= 11 is 5.41. The molecular weight excluding hydrogens is 344 g/mol. The second-order valence-corrected chi connectivity index (χ2v) is 7.68. The number of para-hydroxylation sites is 1. The number of halogens is 1. The van der Waals surface area contributed by atoms with Crippen LogP contribution in [0.3, 0.4) is 0 Å². The van der Waals surface area contributed by atoms with E-state index in [4.69, 9.17) is 4.98 Å². The smallest absolute Gasteiger partial charge is 0.0948 e. The van der Waals surface area contributed by atoms with Crippen molar-refractivity contribution in [1.82, 2.24) is 10.3 Å². The van der Waals surface area contributed by atoms with Crippen molar-refractivity contribution < 1.29 is 0 Å². The Balaban J connectivity index is 1.70. The number of fused-ring (bicyclic) bond motifs is 1. The molecule has 1 aromatic heterocycles. The lowest BCUT2D eigenvalue weighted by molar-refractivity contribution is 0.274. The maximum Gasteiger partial charge on any atom is 0.0948 e. The maximum absolute atomic E-state index is 4.81. The number of hydrogen-bond acceptors (Lipinski definition) is 3. The van der Waals surface area contributed by atoms with Crippen LogP contribution in [0.1, 0.15) is 10.6 Å². The van der Waals surface area contributed by atoms with Crippen LogP contribution in [0.4, 0.5) is 0 Å². The fraction of sp³-hybridized carbons (Fsp3) is 0.235. The van der Waals surface area contributed by atoms with Crippen molar-refractivity contribution in [3.63, 3.8) is 0 Å². The molecule has 1 aliphatic rings. The quantitative estimate of drug-likeness (QED) is 0.760. The second kappa shape index (κ2) is 5.20. The van der Waals surface area contributed by atoms with Gasteiger partial charge in [-0.3, -0.25) is 0 Å². The summed E-state index contributed by atoms with van der Waals surface area (Å²) in [6.45, 7) is 2.05. The summed E-state index contributed by atoms with van der Waals surface area (Å²) in [6.07, 6.45) is 1.01. The first kappa shape index (κ1) is 13.4. The lowest BCUT2D eigenvalue weighted by Crippen LogP contribution is -2.58. The van der Waals surface area contributed by atoms with Gasteiger partial charge in [0.05, 0.1) is 15.2 Å². The van der Waals surface area contributed by atoms with Gasteiger partial charge in [0.1, 0.15) is 0 Å². The van der Waals surface area contributed by atoms with Crippen LogP contribution in [0.15, 0.2) is 53.0 Å². The summed E-state index contributed by atoms with van der Waals surface area (Å²) in [5, 5.41) is 4.67. The van der Waals surface area contributed by atoms with Crippen LogP contribution in [0.25, 0.3) is 10.2 Å². The molecule has 1 N–H and O–H groups in total. The Morgan fingerprint density at radius 2 is 2.00 bits per heavy atom. The standard InChI is InChI=1S/C17H15BrN2S/c18-13-5-3-4-12(8-13)17(10-19-11-17)9-16-20-14-6-1-2-7-15(14)21-16/h1-8,19H,9-11H2. The summed E-state index contributed by atoms with van der Waals surface area (Å²) in [4.78, 5) is 4.81. The van der Waals surface area contributed by atoms with Gasteiger partial charge in [0.25, 0.3) is 0 Å². The lowest BCUT2D eigenvalue weighted by atomic mass is 9.73. The molecule has 2 heterocycles. The van der Waals surface area contributed by atoms with E-state index in [1.165, 1.54) is 15.3 Å². The number of rotatable bonds is 3. The van der Waals surface area contributed by atoms with E-state index >= 15 is 0 Å². The normalized spacial score (nSPS) is 16.8. The first-order valence-corrected chi connectivity index (χ1v) is 8.67. The van der Waals surface area contributed by atoms with Crippen LogP contribution in [0.2, 0.25) is 0 Å². The summed E-state index contributed by atoms with van der Waals surface area (Å²) < 4.78 is 2.43. The number of thiazole rings is 1. The molecule has 0 spiro atoms. The Bertz CT molecular complexity index is 759. The highest BCUT2D eigenvalue weighted by molar-refractivity contribution is 9.10. The molecule has 1 aliphatic heterocycles. The van der Waals surface area contributed by atoms with E-state index in [-0.39, 0.29) is 5.41 Å². The Labute approximate surface area is 136 Å². The van der Waals surface area contributed by atoms with Crippen molar-refractivity contribution in [2.75, 3.05) is 13.1 Å². The fourth-order valence-electron chi connectivity index (χ4n) is 2.96. The molecule has 4 heteroatoms. The molecule has 0 atom stereocenters. The Kier molecular flexibility index (Phi) is 3.32. The molecule has 106 valence electrons. The molecule has 3 aromatic rings. The van der Waals surface area contributed by atoms with E-state index in [1.54, 1.807) is 0 Å². The van der Waals surface area contributed by atoms with E-state index in [1.807, 2.05) is 11.3 Å². The molecule has 0 aliphatic carbocycles. The number of hydrogen-bond donors (Lipinski definition) is 1. The summed E-state index contributed by atoms with van der Waals surface area (Å²) in [6, 6.07) is 17.1. The van der Waals surface area contributed by atoms with Crippen molar-refractivity contribution >= 4 is 37.5 Å². The molecule has 4 rings (SSSR count). The van der Waals surface area contributed by atoms with E-state index < -0.39 is 0 Å². The zero-order valence-corrected chi connectivity index (χ0v) is 13.9. The van der Waals surface area contributed by atoms with Crippen LogP contribution in [-0.2, 0) is 11.8 Å². The monoisotopic (exact) mass is 358 g/mol. The van der Waals surface area contributed by atoms with Crippen molar-refractivity contribution in [3.8, 4) is 0 Å². The van der Waals surface area contributed by atoms with Crippen molar-refractivity contribution in [2.45, 2.75) is 11.8 Å². The largest absolute Gasteiger partial charge is 0.315 e. The van der Waals surface area contributed by atoms with Gasteiger partial charge in [0.2, 0.25) is 0 Å². The summed E-state index contributed by atoms with van der Waals surface area (Å²) in [5.74, 6) is 0. The summed E-state index contributed by atoms with van der Waals surface area (Å²) in [5.41, 5.74) is 2.71. The molecule has 2 nitrogen and oxygen atoms in total. The molecule has 1 saturated heterocycles. The van der Waals surface area contributed by atoms with Crippen LogP contribution < -0.4 is 5.32 Å². The maximum atomic E-state index is 4.81.